The zero-order valence-electron chi connectivity index (χ0n) is 10.4. The van der Waals surface area contributed by atoms with Crippen LogP contribution in [-0.4, -0.2) is 21.7 Å². The molecule has 2 aromatic heterocycles. The standard InChI is InChI=1S/C14H12BrN3O/c1-19-14-8-4-7-12-16-17-13(18(12)14)9-10-5-2-3-6-11(10)15/h2-8H,9H2,1H3. The van der Waals surface area contributed by atoms with E-state index in [1.54, 1.807) is 7.11 Å². The van der Waals surface area contributed by atoms with Gasteiger partial charge in [0.1, 0.15) is 5.82 Å². The number of methoxy groups -OCH3 is 1. The van der Waals surface area contributed by atoms with E-state index >= 15 is 0 Å². The van der Waals surface area contributed by atoms with Crippen molar-refractivity contribution in [2.24, 2.45) is 0 Å². The largest absolute Gasteiger partial charge is 0.482 e. The summed E-state index contributed by atoms with van der Waals surface area (Å²) < 4.78 is 8.37. The maximum atomic E-state index is 5.37. The van der Waals surface area contributed by atoms with Crippen LogP contribution in [0.15, 0.2) is 46.9 Å². The second kappa shape index (κ2) is 5.01. The van der Waals surface area contributed by atoms with Crippen LogP contribution in [0.3, 0.4) is 0 Å². The van der Waals surface area contributed by atoms with Crippen LogP contribution >= 0.6 is 15.9 Å². The van der Waals surface area contributed by atoms with Crippen molar-refractivity contribution < 1.29 is 4.74 Å². The number of halogens is 1. The summed E-state index contributed by atoms with van der Waals surface area (Å²) >= 11 is 3.55. The van der Waals surface area contributed by atoms with E-state index in [-0.39, 0.29) is 0 Å². The molecule has 19 heavy (non-hydrogen) atoms. The number of hydrogen-bond donors (Lipinski definition) is 0. The first-order valence-corrected chi connectivity index (χ1v) is 6.69. The van der Waals surface area contributed by atoms with Crippen LogP contribution in [-0.2, 0) is 6.42 Å². The molecule has 5 heteroatoms. The minimum Gasteiger partial charge on any atom is -0.482 e. The van der Waals surface area contributed by atoms with E-state index < -0.39 is 0 Å². The smallest absolute Gasteiger partial charge is 0.200 e. The lowest BCUT2D eigenvalue weighted by Gasteiger charge is -2.07. The van der Waals surface area contributed by atoms with Gasteiger partial charge in [-0.3, -0.25) is 0 Å². The number of fused-ring (bicyclic) bond motifs is 1. The van der Waals surface area contributed by atoms with E-state index in [1.165, 1.54) is 5.56 Å². The van der Waals surface area contributed by atoms with E-state index in [9.17, 15) is 0 Å². The average Bonchev–Trinajstić information content (AvgIpc) is 2.85. The molecule has 4 nitrogen and oxygen atoms in total. The summed E-state index contributed by atoms with van der Waals surface area (Å²) in [5.74, 6) is 1.60. The Labute approximate surface area is 119 Å². The number of ether oxygens (including phenoxy) is 1. The van der Waals surface area contributed by atoms with Gasteiger partial charge in [0.05, 0.1) is 7.11 Å². The monoisotopic (exact) mass is 317 g/mol. The topological polar surface area (TPSA) is 39.4 Å². The molecule has 0 atom stereocenters. The first-order chi connectivity index (χ1) is 9.29. The second-order valence-electron chi connectivity index (χ2n) is 4.15. The second-order valence-corrected chi connectivity index (χ2v) is 5.00. The number of nitrogens with zero attached hydrogens (tertiary/aromatic N) is 3. The summed E-state index contributed by atoms with van der Waals surface area (Å²) in [6.45, 7) is 0. The molecule has 0 saturated heterocycles. The highest BCUT2D eigenvalue weighted by Gasteiger charge is 2.11. The Morgan fingerprint density at radius 3 is 2.74 bits per heavy atom. The third kappa shape index (κ3) is 2.21. The number of rotatable bonds is 3. The summed E-state index contributed by atoms with van der Waals surface area (Å²) in [7, 11) is 1.65. The van der Waals surface area contributed by atoms with Gasteiger partial charge < -0.3 is 4.74 Å². The fourth-order valence-corrected chi connectivity index (χ4v) is 2.48. The van der Waals surface area contributed by atoms with Crippen molar-refractivity contribution in [2.75, 3.05) is 7.11 Å². The first-order valence-electron chi connectivity index (χ1n) is 5.90. The Bertz CT molecular complexity index is 724. The van der Waals surface area contributed by atoms with Crippen LogP contribution in [0.1, 0.15) is 11.4 Å². The molecule has 0 aliphatic carbocycles. The van der Waals surface area contributed by atoms with E-state index in [2.05, 4.69) is 32.2 Å². The van der Waals surface area contributed by atoms with Crippen LogP contribution in [0.25, 0.3) is 5.65 Å². The van der Waals surface area contributed by atoms with Crippen molar-refractivity contribution in [1.82, 2.24) is 14.6 Å². The van der Waals surface area contributed by atoms with Crippen molar-refractivity contribution in [3.8, 4) is 5.88 Å². The fourth-order valence-electron chi connectivity index (χ4n) is 2.06. The van der Waals surface area contributed by atoms with Crippen LogP contribution < -0.4 is 4.74 Å². The average molecular weight is 318 g/mol. The normalized spacial score (nSPS) is 10.8. The highest BCUT2D eigenvalue weighted by molar-refractivity contribution is 9.10. The molecule has 0 saturated carbocycles. The number of pyridine rings is 1. The minimum absolute atomic E-state index is 0.697. The predicted molar refractivity (Wildman–Crippen MR) is 76.5 cm³/mol. The van der Waals surface area contributed by atoms with Crippen molar-refractivity contribution in [1.29, 1.82) is 0 Å². The molecule has 1 aromatic carbocycles. The van der Waals surface area contributed by atoms with Crippen molar-refractivity contribution in [3.63, 3.8) is 0 Å². The summed E-state index contributed by atoms with van der Waals surface area (Å²) in [6, 6.07) is 13.8. The molecule has 0 fully saturated rings. The van der Waals surface area contributed by atoms with Gasteiger partial charge in [-0.2, -0.15) is 0 Å². The lowest BCUT2D eigenvalue weighted by Crippen LogP contribution is -2.00. The summed E-state index contributed by atoms with van der Waals surface area (Å²) in [6.07, 6.45) is 0.697. The van der Waals surface area contributed by atoms with Gasteiger partial charge in [0, 0.05) is 10.9 Å². The van der Waals surface area contributed by atoms with Crippen molar-refractivity contribution in [3.05, 3.63) is 58.3 Å². The Morgan fingerprint density at radius 1 is 1.11 bits per heavy atom. The van der Waals surface area contributed by atoms with Crippen molar-refractivity contribution in [2.45, 2.75) is 6.42 Å². The van der Waals surface area contributed by atoms with E-state index in [1.807, 2.05) is 40.8 Å². The SMILES string of the molecule is COc1cccc2nnc(Cc3ccccc3Br)n12. The molecule has 0 radical (unpaired) electrons. The van der Waals surface area contributed by atoms with Gasteiger partial charge in [0.15, 0.2) is 5.65 Å². The Hall–Kier alpha value is -1.88. The molecule has 0 unspecified atom stereocenters. The Morgan fingerprint density at radius 2 is 1.95 bits per heavy atom. The van der Waals surface area contributed by atoms with Crippen LogP contribution in [0.4, 0.5) is 0 Å². The van der Waals surface area contributed by atoms with Gasteiger partial charge in [-0.05, 0) is 23.8 Å². The molecular weight excluding hydrogens is 306 g/mol. The summed E-state index contributed by atoms with van der Waals surface area (Å²) in [4.78, 5) is 0. The molecule has 0 aliphatic heterocycles. The molecule has 0 aliphatic rings. The molecule has 0 spiro atoms. The quantitative estimate of drug-likeness (QED) is 0.745. The molecule has 3 aromatic rings. The third-order valence-electron chi connectivity index (χ3n) is 2.98. The molecule has 0 amide bonds. The molecule has 96 valence electrons. The molecular formula is C14H12BrN3O. The highest BCUT2D eigenvalue weighted by Crippen LogP contribution is 2.21. The first kappa shape index (κ1) is 12.2. The van der Waals surface area contributed by atoms with Crippen molar-refractivity contribution >= 4 is 21.6 Å². The Balaban J connectivity index is 2.09. The molecule has 0 bridgehead atoms. The van der Waals surface area contributed by atoms with Gasteiger partial charge >= 0.3 is 0 Å². The zero-order valence-corrected chi connectivity index (χ0v) is 12.0. The number of aromatic nitrogens is 3. The van der Waals surface area contributed by atoms with E-state index in [0.29, 0.717) is 6.42 Å². The lowest BCUT2D eigenvalue weighted by molar-refractivity contribution is 0.390. The van der Waals surface area contributed by atoms with Crippen LogP contribution in [0, 0.1) is 0 Å². The fraction of sp³-hybridized carbons (Fsp3) is 0.143. The van der Waals surface area contributed by atoms with Gasteiger partial charge in [-0.1, -0.05) is 40.2 Å². The van der Waals surface area contributed by atoms with Gasteiger partial charge in [-0.25, -0.2) is 4.40 Å². The number of hydrogen-bond acceptors (Lipinski definition) is 3. The van der Waals surface area contributed by atoms with E-state index in [4.69, 9.17) is 4.74 Å². The number of benzene rings is 1. The predicted octanol–water partition coefficient (Wildman–Crippen LogP) is 3.09. The summed E-state index contributed by atoms with van der Waals surface area (Å²) in [5.41, 5.74) is 1.96. The van der Waals surface area contributed by atoms with Crippen LogP contribution in [0.2, 0.25) is 0 Å². The van der Waals surface area contributed by atoms with E-state index in [0.717, 1.165) is 21.8 Å². The highest BCUT2D eigenvalue weighted by atomic mass is 79.9. The molecule has 2 heterocycles. The maximum absolute atomic E-state index is 5.37. The minimum atomic E-state index is 0.697. The van der Waals surface area contributed by atoms with Gasteiger partial charge in [0.25, 0.3) is 0 Å². The third-order valence-corrected chi connectivity index (χ3v) is 3.75. The molecule has 0 N–H and O–H groups in total. The molecule has 3 rings (SSSR count). The Kier molecular flexibility index (Phi) is 3.21. The zero-order chi connectivity index (χ0) is 13.2. The van der Waals surface area contributed by atoms with Gasteiger partial charge in [0.2, 0.25) is 5.88 Å². The lowest BCUT2D eigenvalue weighted by atomic mass is 10.1. The summed E-state index contributed by atoms with van der Waals surface area (Å²) in [5, 5.41) is 8.42. The van der Waals surface area contributed by atoms with Crippen LogP contribution in [0.5, 0.6) is 5.88 Å². The van der Waals surface area contributed by atoms with Gasteiger partial charge in [-0.15, -0.1) is 10.2 Å². The maximum Gasteiger partial charge on any atom is 0.200 e.